The van der Waals surface area contributed by atoms with E-state index in [2.05, 4.69) is 0 Å². The molecule has 2 aromatic rings. The Hall–Kier alpha value is -2.62. The predicted octanol–water partition coefficient (Wildman–Crippen LogP) is 3.37. The Morgan fingerprint density at radius 2 is 1.50 bits per heavy atom. The molecule has 112 valence electrons. The van der Waals surface area contributed by atoms with Crippen LogP contribution in [-0.2, 0) is 5.41 Å². The number of anilines is 2. The SMILES string of the molecule is CC(C)(C)c1cc(C(N)=O)cc(C(=O)N2c3ccccc32)c1. The van der Waals surface area contributed by atoms with E-state index in [0.717, 1.165) is 16.9 Å². The van der Waals surface area contributed by atoms with Gasteiger partial charge < -0.3 is 5.73 Å². The molecule has 0 saturated carbocycles. The van der Waals surface area contributed by atoms with Crippen molar-refractivity contribution < 1.29 is 9.59 Å². The first-order valence-corrected chi connectivity index (χ1v) is 7.18. The number of amides is 2. The van der Waals surface area contributed by atoms with Crippen LogP contribution >= 0.6 is 0 Å². The molecule has 22 heavy (non-hydrogen) atoms. The zero-order valence-corrected chi connectivity index (χ0v) is 12.9. The van der Waals surface area contributed by atoms with Crippen molar-refractivity contribution >= 4 is 23.2 Å². The van der Waals surface area contributed by atoms with E-state index < -0.39 is 5.91 Å². The fourth-order valence-electron chi connectivity index (χ4n) is 2.48. The third-order valence-corrected chi connectivity index (χ3v) is 3.85. The van der Waals surface area contributed by atoms with Gasteiger partial charge in [0.1, 0.15) is 0 Å². The van der Waals surface area contributed by atoms with E-state index in [1.54, 1.807) is 17.0 Å². The molecular formula is C18H18N2O2. The van der Waals surface area contributed by atoms with E-state index in [-0.39, 0.29) is 11.3 Å². The number of nitrogens with zero attached hydrogens (tertiary/aromatic N) is 1. The van der Waals surface area contributed by atoms with Crippen molar-refractivity contribution in [1.82, 2.24) is 0 Å². The highest BCUT2D eigenvalue weighted by Gasteiger charge is 2.35. The molecule has 2 N–H and O–H groups in total. The molecule has 0 fully saturated rings. The summed E-state index contributed by atoms with van der Waals surface area (Å²) in [6.45, 7) is 6.11. The largest absolute Gasteiger partial charge is 0.366 e. The molecule has 2 amide bonds. The van der Waals surface area contributed by atoms with Crippen molar-refractivity contribution in [3.05, 3.63) is 59.2 Å². The second kappa shape index (κ2) is 4.70. The molecule has 0 unspecified atom stereocenters. The third-order valence-electron chi connectivity index (χ3n) is 3.85. The van der Waals surface area contributed by atoms with Crippen LogP contribution in [0.15, 0.2) is 42.5 Å². The summed E-state index contributed by atoms with van der Waals surface area (Å²) < 4.78 is 0. The zero-order chi connectivity index (χ0) is 16.1. The number of carbonyl (C=O) groups is 2. The highest BCUT2D eigenvalue weighted by molar-refractivity contribution is 6.22. The molecule has 2 aromatic carbocycles. The quantitative estimate of drug-likeness (QED) is 0.863. The van der Waals surface area contributed by atoms with E-state index in [9.17, 15) is 9.59 Å². The van der Waals surface area contributed by atoms with E-state index in [1.807, 2.05) is 51.1 Å². The van der Waals surface area contributed by atoms with Crippen molar-refractivity contribution in [3.63, 3.8) is 0 Å². The minimum Gasteiger partial charge on any atom is -0.366 e. The highest BCUT2D eigenvalue weighted by Crippen LogP contribution is 2.48. The lowest BCUT2D eigenvalue weighted by Gasteiger charge is -2.20. The van der Waals surface area contributed by atoms with Gasteiger partial charge in [-0.3, -0.25) is 14.5 Å². The first-order chi connectivity index (χ1) is 10.3. The second-order valence-corrected chi connectivity index (χ2v) is 6.54. The number of hydrogen-bond donors (Lipinski definition) is 1. The van der Waals surface area contributed by atoms with Gasteiger partial charge in [-0.2, -0.15) is 0 Å². The van der Waals surface area contributed by atoms with Crippen molar-refractivity contribution in [3.8, 4) is 0 Å². The molecule has 1 heterocycles. The number of nitrogens with two attached hydrogens (primary N) is 1. The number of benzene rings is 2. The van der Waals surface area contributed by atoms with Crippen molar-refractivity contribution in [2.24, 2.45) is 5.73 Å². The first kappa shape index (κ1) is 14.3. The van der Waals surface area contributed by atoms with E-state index in [0.29, 0.717) is 11.1 Å². The van der Waals surface area contributed by atoms with Crippen LogP contribution in [0.25, 0.3) is 0 Å². The molecule has 0 radical (unpaired) electrons. The Bertz CT molecular complexity index is 765. The fourth-order valence-corrected chi connectivity index (χ4v) is 2.48. The Labute approximate surface area is 129 Å². The molecule has 0 aromatic heterocycles. The Morgan fingerprint density at radius 3 is 2.00 bits per heavy atom. The van der Waals surface area contributed by atoms with Crippen LogP contribution in [0.1, 0.15) is 47.1 Å². The number of para-hydroxylation sites is 2. The number of hydrogen-bond acceptors (Lipinski definition) is 2. The molecule has 1 aliphatic rings. The molecule has 0 atom stereocenters. The lowest BCUT2D eigenvalue weighted by Crippen LogP contribution is -2.20. The van der Waals surface area contributed by atoms with E-state index in [1.165, 1.54) is 0 Å². The third kappa shape index (κ3) is 2.37. The lowest BCUT2D eigenvalue weighted by molar-refractivity contribution is 0.1000. The summed E-state index contributed by atoms with van der Waals surface area (Å²) >= 11 is 0. The van der Waals surface area contributed by atoms with E-state index >= 15 is 0 Å². The molecule has 1 aliphatic heterocycles. The molecular weight excluding hydrogens is 276 g/mol. The van der Waals surface area contributed by atoms with Gasteiger partial charge in [0, 0.05) is 11.1 Å². The van der Waals surface area contributed by atoms with Crippen LogP contribution in [0.4, 0.5) is 11.4 Å². The number of rotatable bonds is 2. The molecule has 3 rings (SSSR count). The van der Waals surface area contributed by atoms with Gasteiger partial charge in [0.15, 0.2) is 0 Å². The summed E-state index contributed by atoms with van der Waals surface area (Å²) in [6, 6.07) is 12.8. The molecule has 4 nitrogen and oxygen atoms in total. The maximum absolute atomic E-state index is 12.7. The molecule has 0 spiro atoms. The van der Waals surface area contributed by atoms with Gasteiger partial charge in [-0.1, -0.05) is 32.9 Å². The van der Waals surface area contributed by atoms with Crippen molar-refractivity contribution in [2.45, 2.75) is 26.2 Å². The number of carbonyl (C=O) groups excluding carboxylic acids is 2. The highest BCUT2D eigenvalue weighted by atomic mass is 16.2. The first-order valence-electron chi connectivity index (χ1n) is 7.18. The predicted molar refractivity (Wildman–Crippen MR) is 86.6 cm³/mol. The number of primary amides is 1. The summed E-state index contributed by atoms with van der Waals surface area (Å²) in [6.07, 6.45) is 0. The van der Waals surface area contributed by atoms with Gasteiger partial charge in [-0.05, 0) is 41.3 Å². The standard InChI is InChI=1S/C18H18N2O2/c1-18(2,3)13-9-11(16(19)21)8-12(10-13)17(22)20-14-6-4-5-7-15(14)20/h4-10H,1-3H3,(H2,19,21). The van der Waals surface area contributed by atoms with Crippen LogP contribution in [0, 0.1) is 0 Å². The maximum Gasteiger partial charge on any atom is 0.263 e. The van der Waals surface area contributed by atoms with Crippen LogP contribution in [0.3, 0.4) is 0 Å². The van der Waals surface area contributed by atoms with Crippen LogP contribution < -0.4 is 10.6 Å². The monoisotopic (exact) mass is 294 g/mol. The number of fused-ring (bicyclic) bond motifs is 1. The summed E-state index contributed by atoms with van der Waals surface area (Å²) in [5.74, 6) is -0.654. The molecule has 0 saturated heterocycles. The topological polar surface area (TPSA) is 63.2 Å². The van der Waals surface area contributed by atoms with Gasteiger partial charge in [0.25, 0.3) is 5.91 Å². The average Bonchev–Trinajstić information content (AvgIpc) is 3.19. The normalized spacial score (nSPS) is 12.8. The summed E-state index contributed by atoms with van der Waals surface area (Å²) in [4.78, 5) is 25.9. The summed E-state index contributed by atoms with van der Waals surface area (Å²) in [7, 11) is 0. The van der Waals surface area contributed by atoms with E-state index in [4.69, 9.17) is 5.73 Å². The summed E-state index contributed by atoms with van der Waals surface area (Å²) in [5, 5.41) is 0. The van der Waals surface area contributed by atoms with Gasteiger partial charge in [0.05, 0.1) is 11.4 Å². The minimum absolute atomic E-state index is 0.130. The van der Waals surface area contributed by atoms with Gasteiger partial charge >= 0.3 is 0 Å². The van der Waals surface area contributed by atoms with Crippen molar-refractivity contribution in [1.29, 1.82) is 0 Å². The molecule has 4 heteroatoms. The molecule has 0 bridgehead atoms. The van der Waals surface area contributed by atoms with Gasteiger partial charge in [0.2, 0.25) is 5.91 Å². The van der Waals surface area contributed by atoms with Crippen molar-refractivity contribution in [2.75, 3.05) is 4.90 Å². The Morgan fingerprint density at radius 1 is 0.955 bits per heavy atom. The minimum atomic E-state index is -0.525. The van der Waals surface area contributed by atoms with Gasteiger partial charge in [-0.15, -0.1) is 0 Å². The fraction of sp³-hybridized carbons (Fsp3) is 0.222. The Balaban J connectivity index is 2.02. The van der Waals surface area contributed by atoms with Gasteiger partial charge in [-0.25, -0.2) is 0 Å². The zero-order valence-electron chi connectivity index (χ0n) is 12.9. The lowest BCUT2D eigenvalue weighted by atomic mass is 9.85. The smallest absolute Gasteiger partial charge is 0.263 e. The maximum atomic E-state index is 12.7. The van der Waals surface area contributed by atoms with Crippen LogP contribution in [0.2, 0.25) is 0 Å². The second-order valence-electron chi connectivity index (χ2n) is 6.54. The Kier molecular flexibility index (Phi) is 3.06. The summed E-state index contributed by atoms with van der Waals surface area (Å²) in [5.41, 5.74) is 8.82. The van der Waals surface area contributed by atoms with Crippen LogP contribution in [0.5, 0.6) is 0 Å². The average molecular weight is 294 g/mol. The van der Waals surface area contributed by atoms with Crippen LogP contribution in [-0.4, -0.2) is 11.8 Å². The molecule has 0 aliphatic carbocycles.